The molecule has 1 aromatic heterocycles. The number of aryl methyl sites for hydroxylation is 1. The molecule has 0 spiro atoms. The normalized spacial score (nSPS) is 23.9. The number of piperidine rings is 2. The van der Waals surface area contributed by atoms with Gasteiger partial charge in [0.2, 0.25) is 11.9 Å². The summed E-state index contributed by atoms with van der Waals surface area (Å²) < 4.78 is 0. The number of rotatable bonds is 3. The molecule has 1 aromatic rings. The standard InChI is InChI=1S/C16H25N5O/c1-2-12-10-18-16(19-11-12)20-8-5-13(6-9-20)21-7-3-4-14(17)15(21)22/h10-11,13-14H,2-9,17H2,1H3. The van der Waals surface area contributed by atoms with Gasteiger partial charge >= 0.3 is 0 Å². The Hall–Kier alpha value is -1.69. The van der Waals surface area contributed by atoms with Crippen molar-refractivity contribution in [1.29, 1.82) is 0 Å². The number of nitrogens with zero attached hydrogens (tertiary/aromatic N) is 4. The first-order valence-corrected chi connectivity index (χ1v) is 8.31. The van der Waals surface area contributed by atoms with E-state index in [0.29, 0.717) is 6.04 Å². The Morgan fingerprint density at radius 3 is 2.50 bits per heavy atom. The van der Waals surface area contributed by atoms with Crippen LogP contribution in [0.3, 0.4) is 0 Å². The van der Waals surface area contributed by atoms with E-state index in [1.807, 2.05) is 17.3 Å². The maximum absolute atomic E-state index is 12.2. The number of aromatic nitrogens is 2. The van der Waals surface area contributed by atoms with Crippen molar-refractivity contribution in [3.8, 4) is 0 Å². The smallest absolute Gasteiger partial charge is 0.239 e. The van der Waals surface area contributed by atoms with Gasteiger partial charge in [0.1, 0.15) is 0 Å². The first kappa shape index (κ1) is 15.2. The minimum atomic E-state index is -0.295. The summed E-state index contributed by atoms with van der Waals surface area (Å²) in [5, 5.41) is 0. The van der Waals surface area contributed by atoms with E-state index < -0.39 is 0 Å². The molecule has 2 aliphatic heterocycles. The van der Waals surface area contributed by atoms with E-state index in [0.717, 1.165) is 63.3 Å². The van der Waals surface area contributed by atoms with Gasteiger partial charge in [-0.15, -0.1) is 0 Å². The van der Waals surface area contributed by atoms with E-state index in [2.05, 4.69) is 21.8 Å². The van der Waals surface area contributed by atoms with Gasteiger partial charge in [0.05, 0.1) is 6.04 Å². The number of anilines is 1. The first-order chi connectivity index (χ1) is 10.7. The summed E-state index contributed by atoms with van der Waals surface area (Å²) in [5.74, 6) is 0.936. The van der Waals surface area contributed by atoms with Crippen LogP contribution in [-0.4, -0.2) is 52.5 Å². The predicted octanol–water partition coefficient (Wildman–Crippen LogP) is 0.958. The summed E-state index contributed by atoms with van der Waals surface area (Å²) in [7, 11) is 0. The van der Waals surface area contributed by atoms with Crippen LogP contribution in [0.15, 0.2) is 12.4 Å². The van der Waals surface area contributed by atoms with E-state index in [-0.39, 0.29) is 11.9 Å². The van der Waals surface area contributed by atoms with Crippen LogP contribution in [0.4, 0.5) is 5.95 Å². The van der Waals surface area contributed by atoms with Gasteiger partial charge in [0.25, 0.3) is 0 Å². The number of hydrogen-bond acceptors (Lipinski definition) is 5. The predicted molar refractivity (Wildman–Crippen MR) is 85.6 cm³/mol. The molecule has 2 fully saturated rings. The highest BCUT2D eigenvalue weighted by atomic mass is 16.2. The lowest BCUT2D eigenvalue weighted by molar-refractivity contribution is -0.137. The highest BCUT2D eigenvalue weighted by Crippen LogP contribution is 2.23. The van der Waals surface area contributed by atoms with Crippen LogP contribution >= 0.6 is 0 Å². The summed E-state index contributed by atoms with van der Waals surface area (Å²) in [4.78, 5) is 25.3. The second kappa shape index (κ2) is 6.60. The third-order valence-corrected chi connectivity index (χ3v) is 4.80. The number of nitrogens with two attached hydrogens (primary N) is 1. The highest BCUT2D eigenvalue weighted by Gasteiger charge is 2.33. The van der Waals surface area contributed by atoms with Crippen molar-refractivity contribution in [2.24, 2.45) is 5.73 Å². The Balaban J connectivity index is 1.58. The lowest BCUT2D eigenvalue weighted by Crippen LogP contribution is -2.55. The second-order valence-electron chi connectivity index (χ2n) is 6.24. The van der Waals surface area contributed by atoms with Crippen molar-refractivity contribution in [2.45, 2.75) is 51.1 Å². The van der Waals surface area contributed by atoms with E-state index in [9.17, 15) is 4.79 Å². The summed E-state index contributed by atoms with van der Waals surface area (Å²) >= 11 is 0. The van der Waals surface area contributed by atoms with Crippen LogP contribution in [0.5, 0.6) is 0 Å². The monoisotopic (exact) mass is 303 g/mol. The minimum absolute atomic E-state index is 0.133. The molecule has 3 heterocycles. The lowest BCUT2D eigenvalue weighted by atomic mass is 9.98. The number of amides is 1. The first-order valence-electron chi connectivity index (χ1n) is 8.31. The van der Waals surface area contributed by atoms with Crippen molar-refractivity contribution >= 4 is 11.9 Å². The van der Waals surface area contributed by atoms with Crippen LogP contribution < -0.4 is 10.6 Å². The molecule has 2 aliphatic rings. The fraction of sp³-hybridized carbons (Fsp3) is 0.688. The zero-order valence-electron chi connectivity index (χ0n) is 13.2. The Labute approximate surface area is 131 Å². The molecule has 1 unspecified atom stereocenters. The summed E-state index contributed by atoms with van der Waals surface area (Å²) in [5.41, 5.74) is 7.06. The molecule has 22 heavy (non-hydrogen) atoms. The average Bonchev–Trinajstić information content (AvgIpc) is 2.58. The molecule has 1 amide bonds. The third kappa shape index (κ3) is 3.06. The fourth-order valence-electron chi connectivity index (χ4n) is 3.36. The van der Waals surface area contributed by atoms with Crippen molar-refractivity contribution < 1.29 is 4.79 Å². The van der Waals surface area contributed by atoms with Crippen molar-refractivity contribution in [1.82, 2.24) is 14.9 Å². The van der Waals surface area contributed by atoms with Crippen molar-refractivity contribution in [3.63, 3.8) is 0 Å². The molecule has 120 valence electrons. The third-order valence-electron chi connectivity index (χ3n) is 4.80. The molecular formula is C16H25N5O. The molecule has 0 aliphatic carbocycles. The van der Waals surface area contributed by atoms with E-state index in [4.69, 9.17) is 5.73 Å². The van der Waals surface area contributed by atoms with Gasteiger partial charge in [0, 0.05) is 38.1 Å². The lowest BCUT2D eigenvalue weighted by Gasteiger charge is -2.41. The largest absolute Gasteiger partial charge is 0.341 e. The highest BCUT2D eigenvalue weighted by molar-refractivity contribution is 5.82. The van der Waals surface area contributed by atoms with Crippen LogP contribution in [-0.2, 0) is 11.2 Å². The molecule has 2 N–H and O–H groups in total. The van der Waals surface area contributed by atoms with Gasteiger partial charge in [-0.1, -0.05) is 6.92 Å². The van der Waals surface area contributed by atoms with Gasteiger partial charge in [0.15, 0.2) is 0 Å². The topological polar surface area (TPSA) is 75.3 Å². The number of carbonyl (C=O) groups is 1. The van der Waals surface area contributed by atoms with Crippen LogP contribution in [0, 0.1) is 0 Å². The zero-order chi connectivity index (χ0) is 15.5. The Bertz CT molecular complexity index is 510. The quantitative estimate of drug-likeness (QED) is 0.900. The molecule has 1 atom stereocenters. The molecule has 6 nitrogen and oxygen atoms in total. The molecule has 2 saturated heterocycles. The van der Waals surface area contributed by atoms with Gasteiger partial charge in [-0.05, 0) is 37.7 Å². The van der Waals surface area contributed by atoms with Gasteiger partial charge in [-0.25, -0.2) is 9.97 Å². The summed E-state index contributed by atoms with van der Waals surface area (Å²) in [6, 6.07) is 0.0294. The zero-order valence-corrected chi connectivity index (χ0v) is 13.2. The molecule has 3 rings (SSSR count). The Morgan fingerprint density at radius 1 is 1.18 bits per heavy atom. The number of hydrogen-bond donors (Lipinski definition) is 1. The number of likely N-dealkylation sites (tertiary alicyclic amines) is 1. The maximum Gasteiger partial charge on any atom is 0.239 e. The van der Waals surface area contributed by atoms with Gasteiger partial charge < -0.3 is 15.5 Å². The Morgan fingerprint density at radius 2 is 1.86 bits per heavy atom. The van der Waals surface area contributed by atoms with E-state index >= 15 is 0 Å². The van der Waals surface area contributed by atoms with E-state index in [1.165, 1.54) is 0 Å². The van der Waals surface area contributed by atoms with Crippen LogP contribution in [0.25, 0.3) is 0 Å². The summed E-state index contributed by atoms with van der Waals surface area (Å²) in [6.45, 7) is 4.76. The molecule has 0 aromatic carbocycles. The molecule has 0 bridgehead atoms. The van der Waals surface area contributed by atoms with Crippen molar-refractivity contribution in [3.05, 3.63) is 18.0 Å². The average molecular weight is 303 g/mol. The molecule has 0 radical (unpaired) electrons. The fourth-order valence-corrected chi connectivity index (χ4v) is 3.36. The Kier molecular flexibility index (Phi) is 4.57. The molecular weight excluding hydrogens is 278 g/mol. The van der Waals surface area contributed by atoms with Gasteiger partial charge in [-0.3, -0.25) is 4.79 Å². The minimum Gasteiger partial charge on any atom is -0.341 e. The maximum atomic E-state index is 12.2. The summed E-state index contributed by atoms with van der Waals surface area (Å²) in [6.07, 6.45) is 8.55. The van der Waals surface area contributed by atoms with Crippen LogP contribution in [0.2, 0.25) is 0 Å². The van der Waals surface area contributed by atoms with Gasteiger partial charge in [-0.2, -0.15) is 0 Å². The molecule has 6 heteroatoms. The SMILES string of the molecule is CCc1cnc(N2CCC(N3CCCC(N)C3=O)CC2)nc1. The van der Waals surface area contributed by atoms with Crippen molar-refractivity contribution in [2.75, 3.05) is 24.5 Å². The van der Waals surface area contributed by atoms with Crippen LogP contribution in [0.1, 0.15) is 38.2 Å². The van der Waals surface area contributed by atoms with E-state index in [1.54, 1.807) is 0 Å². The molecule has 0 saturated carbocycles. The number of carbonyl (C=O) groups excluding carboxylic acids is 1. The second-order valence-corrected chi connectivity index (χ2v) is 6.24.